The highest BCUT2D eigenvalue weighted by atomic mass is 32.2. The van der Waals surface area contributed by atoms with E-state index in [1.54, 1.807) is 45.0 Å². The van der Waals surface area contributed by atoms with E-state index in [9.17, 15) is 13.2 Å². The highest BCUT2D eigenvalue weighted by Gasteiger charge is 2.24. The first-order valence-corrected chi connectivity index (χ1v) is 10.5. The van der Waals surface area contributed by atoms with E-state index in [4.69, 9.17) is 0 Å². The number of aryl methyl sites for hydroxylation is 2. The van der Waals surface area contributed by atoms with E-state index >= 15 is 0 Å². The molecule has 1 amide bonds. The lowest BCUT2D eigenvalue weighted by molar-refractivity contribution is -0.121. The molecule has 0 radical (unpaired) electrons. The largest absolute Gasteiger partial charge is 0.352 e. The Morgan fingerprint density at radius 2 is 1.63 bits per heavy atom. The van der Waals surface area contributed by atoms with E-state index in [-0.39, 0.29) is 17.3 Å². The van der Waals surface area contributed by atoms with Gasteiger partial charge >= 0.3 is 0 Å². The lowest BCUT2D eigenvalue weighted by Gasteiger charge is -2.21. The van der Waals surface area contributed by atoms with Crippen molar-refractivity contribution in [3.05, 3.63) is 65.2 Å². The molecule has 0 saturated heterocycles. The third kappa shape index (κ3) is 6.81. The molecule has 0 aliphatic rings. The Balaban J connectivity index is 1.99. The Hall–Kier alpha value is -2.18. The normalized spacial score (nSPS) is 12.0. The van der Waals surface area contributed by atoms with Gasteiger partial charge in [-0.3, -0.25) is 4.79 Å². The Morgan fingerprint density at radius 1 is 1.00 bits per heavy atom. The van der Waals surface area contributed by atoms with Crippen molar-refractivity contribution in [2.45, 2.75) is 57.5 Å². The van der Waals surface area contributed by atoms with Crippen LogP contribution < -0.4 is 10.0 Å². The molecule has 2 aromatic carbocycles. The minimum atomic E-state index is -3.66. The Bertz CT molecular complexity index is 882. The molecule has 0 fully saturated rings. The van der Waals surface area contributed by atoms with Crippen molar-refractivity contribution >= 4 is 15.9 Å². The topological polar surface area (TPSA) is 75.3 Å². The fraction of sp³-hybridized carbons (Fsp3) is 0.381. The number of sulfonamides is 1. The molecule has 2 N–H and O–H groups in total. The van der Waals surface area contributed by atoms with Crippen molar-refractivity contribution < 1.29 is 13.2 Å². The fourth-order valence-electron chi connectivity index (χ4n) is 2.66. The number of nitrogens with one attached hydrogen (secondary N) is 2. The molecule has 0 saturated carbocycles. The van der Waals surface area contributed by atoms with Crippen LogP contribution >= 0.6 is 0 Å². The molecule has 146 valence electrons. The Labute approximate surface area is 162 Å². The second-order valence-electron chi connectivity index (χ2n) is 7.73. The molecule has 5 nitrogen and oxygen atoms in total. The average molecular weight is 389 g/mol. The predicted molar refractivity (Wildman–Crippen MR) is 108 cm³/mol. The van der Waals surface area contributed by atoms with Crippen LogP contribution in [0.1, 0.15) is 43.9 Å². The minimum Gasteiger partial charge on any atom is -0.352 e. The molecule has 2 aromatic rings. The molecule has 0 aliphatic carbocycles. The van der Waals surface area contributed by atoms with Crippen molar-refractivity contribution in [1.82, 2.24) is 10.0 Å². The molecule has 0 atom stereocenters. The lowest BCUT2D eigenvalue weighted by Crippen LogP contribution is -2.41. The summed E-state index contributed by atoms with van der Waals surface area (Å²) in [5.74, 6) is -0.105. The molecule has 0 unspecified atom stereocenters. The fourth-order valence-corrected chi connectivity index (χ4v) is 4.32. The van der Waals surface area contributed by atoms with Crippen LogP contribution in [0.15, 0.2) is 53.4 Å². The highest BCUT2D eigenvalue weighted by molar-refractivity contribution is 7.89. The highest BCUT2D eigenvalue weighted by Crippen LogP contribution is 2.18. The van der Waals surface area contributed by atoms with Crippen molar-refractivity contribution in [3.63, 3.8) is 0 Å². The summed E-state index contributed by atoms with van der Waals surface area (Å²) in [4.78, 5) is 12.4. The van der Waals surface area contributed by atoms with Gasteiger partial charge in [0.15, 0.2) is 0 Å². The van der Waals surface area contributed by atoms with E-state index in [2.05, 4.69) is 10.0 Å². The van der Waals surface area contributed by atoms with Crippen LogP contribution in [0.2, 0.25) is 0 Å². The number of carbonyl (C=O) groups is 1. The maximum Gasteiger partial charge on any atom is 0.241 e. The van der Waals surface area contributed by atoms with E-state index in [0.717, 1.165) is 5.56 Å². The summed E-state index contributed by atoms with van der Waals surface area (Å²) in [6.45, 7) is 7.57. The summed E-state index contributed by atoms with van der Waals surface area (Å²) in [6.07, 6.45) is 1.01. The van der Waals surface area contributed by atoms with Crippen LogP contribution in [-0.4, -0.2) is 19.9 Å². The number of rotatable bonds is 7. The number of carbonyl (C=O) groups excluding carboxylic acids is 1. The summed E-state index contributed by atoms with van der Waals surface area (Å²) in [5, 5.41) is 2.82. The second kappa shape index (κ2) is 8.67. The van der Waals surface area contributed by atoms with Crippen LogP contribution in [0.25, 0.3) is 0 Å². The number of hydrogen-bond donors (Lipinski definition) is 2. The molecule has 0 aliphatic heterocycles. The van der Waals surface area contributed by atoms with Gasteiger partial charge in [-0.2, -0.15) is 0 Å². The van der Waals surface area contributed by atoms with Crippen molar-refractivity contribution in [1.29, 1.82) is 0 Å². The third-order valence-corrected chi connectivity index (χ3v) is 5.80. The first kappa shape index (κ1) is 21.1. The first-order valence-electron chi connectivity index (χ1n) is 9.01. The molecule has 0 aromatic heterocycles. The van der Waals surface area contributed by atoms with Gasteiger partial charge in [-0.05, 0) is 51.3 Å². The quantitative estimate of drug-likeness (QED) is 0.764. The predicted octanol–water partition coefficient (Wildman–Crippen LogP) is 3.32. The molecule has 2 rings (SSSR count). The number of hydrogen-bond acceptors (Lipinski definition) is 3. The summed E-state index contributed by atoms with van der Waals surface area (Å²) >= 11 is 0. The van der Waals surface area contributed by atoms with E-state index in [1.165, 1.54) is 5.56 Å². The summed E-state index contributed by atoms with van der Waals surface area (Å²) in [7, 11) is -3.66. The summed E-state index contributed by atoms with van der Waals surface area (Å²) in [5.41, 5.74) is 2.28. The van der Waals surface area contributed by atoms with Crippen molar-refractivity contribution in [2.24, 2.45) is 0 Å². The molecular weight excluding hydrogens is 360 g/mol. The maximum absolute atomic E-state index is 12.6. The summed E-state index contributed by atoms with van der Waals surface area (Å²) < 4.78 is 27.9. The molecular formula is C21H28N2O3S. The number of benzene rings is 2. The molecule has 0 heterocycles. The molecule has 6 heteroatoms. The van der Waals surface area contributed by atoms with E-state index in [1.807, 2.05) is 31.2 Å². The van der Waals surface area contributed by atoms with Crippen molar-refractivity contribution in [3.8, 4) is 0 Å². The zero-order chi connectivity index (χ0) is 20.1. The standard InChI is InChI=1S/C21H28N2O3S/c1-16-9-11-17(12-10-16)13-14-20(24)22-15-18-7-5-6-8-19(18)27(25,26)23-21(2,3)4/h5-12,23H,13-15H2,1-4H3,(H,22,24). The zero-order valence-electron chi connectivity index (χ0n) is 16.4. The van der Waals surface area contributed by atoms with Gasteiger partial charge in [0.05, 0.1) is 4.90 Å². The minimum absolute atomic E-state index is 0.105. The van der Waals surface area contributed by atoms with Gasteiger partial charge in [-0.25, -0.2) is 13.1 Å². The first-order chi connectivity index (χ1) is 12.6. The SMILES string of the molecule is Cc1ccc(CCC(=O)NCc2ccccc2S(=O)(=O)NC(C)(C)C)cc1. The van der Waals surface area contributed by atoms with E-state index < -0.39 is 15.6 Å². The van der Waals surface area contributed by atoms with Gasteiger partial charge in [-0.1, -0.05) is 48.0 Å². The van der Waals surface area contributed by atoms with Crippen LogP contribution in [0, 0.1) is 6.92 Å². The average Bonchev–Trinajstić information content (AvgIpc) is 2.57. The monoisotopic (exact) mass is 388 g/mol. The third-order valence-electron chi connectivity index (χ3n) is 3.94. The van der Waals surface area contributed by atoms with Gasteiger partial charge in [0.1, 0.15) is 0 Å². The molecule has 0 spiro atoms. The zero-order valence-corrected chi connectivity index (χ0v) is 17.2. The van der Waals surface area contributed by atoms with Gasteiger partial charge in [0, 0.05) is 18.5 Å². The van der Waals surface area contributed by atoms with E-state index in [0.29, 0.717) is 18.4 Å². The van der Waals surface area contributed by atoms with Crippen LogP contribution in [0.3, 0.4) is 0 Å². The van der Waals surface area contributed by atoms with Gasteiger partial charge in [0.2, 0.25) is 15.9 Å². The van der Waals surface area contributed by atoms with Crippen molar-refractivity contribution in [2.75, 3.05) is 0 Å². The summed E-state index contributed by atoms with van der Waals surface area (Å²) in [6, 6.07) is 14.8. The van der Waals surface area contributed by atoms with Gasteiger partial charge in [0.25, 0.3) is 0 Å². The maximum atomic E-state index is 12.6. The molecule has 27 heavy (non-hydrogen) atoms. The van der Waals surface area contributed by atoms with Gasteiger partial charge < -0.3 is 5.32 Å². The van der Waals surface area contributed by atoms with Crippen LogP contribution in [0.4, 0.5) is 0 Å². The Morgan fingerprint density at radius 3 is 2.26 bits per heavy atom. The number of amides is 1. The Kier molecular flexibility index (Phi) is 6.78. The van der Waals surface area contributed by atoms with Crippen LogP contribution in [-0.2, 0) is 27.8 Å². The molecule has 0 bridgehead atoms. The second-order valence-corrected chi connectivity index (χ2v) is 9.38. The lowest BCUT2D eigenvalue weighted by atomic mass is 10.1. The smallest absolute Gasteiger partial charge is 0.241 e. The van der Waals surface area contributed by atoms with Gasteiger partial charge in [-0.15, -0.1) is 0 Å². The van der Waals surface area contributed by atoms with Crippen LogP contribution in [0.5, 0.6) is 0 Å².